The zero-order chi connectivity index (χ0) is 11.0. The number of hydrogen-bond donors (Lipinski definition) is 0. The van der Waals surface area contributed by atoms with Crippen molar-refractivity contribution < 1.29 is 0 Å². The summed E-state index contributed by atoms with van der Waals surface area (Å²) < 4.78 is 0. The third kappa shape index (κ3) is 3.61. The molecule has 1 aliphatic rings. The number of rotatable bonds is 0. The van der Waals surface area contributed by atoms with E-state index in [9.17, 15) is 0 Å². The molecule has 1 heterocycles. The van der Waals surface area contributed by atoms with Crippen molar-refractivity contribution in [3.05, 3.63) is 0 Å². The van der Waals surface area contributed by atoms with Gasteiger partial charge in [0.25, 0.3) is 0 Å². The summed E-state index contributed by atoms with van der Waals surface area (Å²) in [5.74, 6) is 0.839. The van der Waals surface area contributed by atoms with Gasteiger partial charge in [-0.15, -0.1) is 0 Å². The van der Waals surface area contributed by atoms with Crippen molar-refractivity contribution >= 4 is 0 Å². The highest BCUT2D eigenvalue weighted by Crippen LogP contribution is 2.40. The molecule has 1 rings (SSSR count). The van der Waals surface area contributed by atoms with Crippen molar-refractivity contribution in [2.45, 2.75) is 47.5 Å². The summed E-state index contributed by atoms with van der Waals surface area (Å²) in [7, 11) is 2.26. The van der Waals surface area contributed by atoms with E-state index in [0.29, 0.717) is 10.8 Å². The highest BCUT2D eigenvalue weighted by molar-refractivity contribution is 4.85. The van der Waals surface area contributed by atoms with E-state index in [1.165, 1.54) is 25.9 Å². The smallest absolute Gasteiger partial charge is 0.00299 e. The maximum absolute atomic E-state index is 2.50. The standard InChI is InChI=1S/C13H27N/c1-11-7-12(2,3)9-13(4,5)10-14(6)8-11/h11H,7-10H2,1-6H3. The fraction of sp³-hybridized carbons (Fsp3) is 1.00. The van der Waals surface area contributed by atoms with E-state index in [4.69, 9.17) is 0 Å². The average molecular weight is 197 g/mol. The molecule has 0 radical (unpaired) electrons. The molecular weight excluding hydrogens is 170 g/mol. The van der Waals surface area contributed by atoms with Crippen LogP contribution < -0.4 is 0 Å². The van der Waals surface area contributed by atoms with E-state index >= 15 is 0 Å². The zero-order valence-corrected chi connectivity index (χ0v) is 10.9. The predicted molar refractivity (Wildman–Crippen MR) is 63.5 cm³/mol. The lowest BCUT2D eigenvalue weighted by molar-refractivity contribution is 0.0767. The van der Waals surface area contributed by atoms with Gasteiger partial charge in [0.15, 0.2) is 0 Å². The van der Waals surface area contributed by atoms with Crippen LogP contribution in [0.5, 0.6) is 0 Å². The van der Waals surface area contributed by atoms with E-state index in [-0.39, 0.29) is 0 Å². The molecule has 0 amide bonds. The maximum atomic E-state index is 2.50. The quantitative estimate of drug-likeness (QED) is 0.575. The Morgan fingerprint density at radius 1 is 1.07 bits per heavy atom. The SMILES string of the molecule is CC1CN(C)CC(C)(C)CC(C)(C)C1. The van der Waals surface area contributed by atoms with Crippen LogP contribution in [0.25, 0.3) is 0 Å². The summed E-state index contributed by atoms with van der Waals surface area (Å²) in [6.07, 6.45) is 2.70. The molecule has 0 aliphatic carbocycles. The van der Waals surface area contributed by atoms with Crippen molar-refractivity contribution in [2.24, 2.45) is 16.7 Å². The first kappa shape index (κ1) is 12.0. The zero-order valence-electron chi connectivity index (χ0n) is 10.9. The molecule has 1 nitrogen and oxygen atoms in total. The van der Waals surface area contributed by atoms with Crippen molar-refractivity contribution in [3.63, 3.8) is 0 Å². The lowest BCUT2D eigenvalue weighted by Crippen LogP contribution is -2.41. The van der Waals surface area contributed by atoms with E-state index in [0.717, 1.165) is 5.92 Å². The van der Waals surface area contributed by atoms with Crippen LogP contribution in [0.2, 0.25) is 0 Å². The van der Waals surface area contributed by atoms with Gasteiger partial charge in [0.05, 0.1) is 0 Å². The molecule has 14 heavy (non-hydrogen) atoms. The molecule has 0 aromatic carbocycles. The van der Waals surface area contributed by atoms with Gasteiger partial charge >= 0.3 is 0 Å². The molecule has 0 aromatic rings. The average Bonchev–Trinajstić information content (AvgIpc) is 1.74. The summed E-state index contributed by atoms with van der Waals surface area (Å²) in [6.45, 7) is 14.5. The van der Waals surface area contributed by atoms with Crippen molar-refractivity contribution in [3.8, 4) is 0 Å². The lowest BCUT2D eigenvalue weighted by Gasteiger charge is -2.42. The van der Waals surface area contributed by atoms with Crippen molar-refractivity contribution in [1.29, 1.82) is 0 Å². The van der Waals surface area contributed by atoms with Crippen LogP contribution in [0.4, 0.5) is 0 Å². The highest BCUT2D eigenvalue weighted by Gasteiger charge is 2.33. The molecule has 0 aromatic heterocycles. The van der Waals surface area contributed by atoms with E-state index in [2.05, 4.69) is 46.6 Å². The Morgan fingerprint density at radius 3 is 2.21 bits per heavy atom. The summed E-state index contributed by atoms with van der Waals surface area (Å²) in [4.78, 5) is 2.50. The van der Waals surface area contributed by atoms with Gasteiger partial charge in [0.2, 0.25) is 0 Å². The minimum atomic E-state index is 0.471. The van der Waals surface area contributed by atoms with Gasteiger partial charge in [-0.1, -0.05) is 34.6 Å². The molecule has 0 bridgehead atoms. The number of hydrogen-bond acceptors (Lipinski definition) is 1. The van der Waals surface area contributed by atoms with Crippen LogP contribution >= 0.6 is 0 Å². The summed E-state index contributed by atoms with van der Waals surface area (Å²) in [5, 5.41) is 0. The first-order valence-corrected chi connectivity index (χ1v) is 5.89. The minimum Gasteiger partial charge on any atom is -0.306 e. The van der Waals surface area contributed by atoms with Gasteiger partial charge in [-0.05, 0) is 36.6 Å². The van der Waals surface area contributed by atoms with E-state index in [1.54, 1.807) is 0 Å². The summed E-state index contributed by atoms with van der Waals surface area (Å²) >= 11 is 0. The normalized spacial score (nSPS) is 33.4. The maximum Gasteiger partial charge on any atom is 0.00299 e. The molecule has 1 saturated heterocycles. The number of nitrogens with zero attached hydrogens (tertiary/aromatic N) is 1. The van der Waals surface area contributed by atoms with Gasteiger partial charge in [0, 0.05) is 13.1 Å². The van der Waals surface area contributed by atoms with Crippen LogP contribution in [0.15, 0.2) is 0 Å². The Hall–Kier alpha value is -0.0400. The van der Waals surface area contributed by atoms with Gasteiger partial charge in [-0.2, -0.15) is 0 Å². The summed E-state index contributed by atoms with van der Waals surface area (Å²) in [6, 6.07) is 0. The van der Waals surface area contributed by atoms with Crippen molar-refractivity contribution in [1.82, 2.24) is 4.90 Å². The Labute approximate surface area is 89.9 Å². The second-order valence-corrected chi connectivity index (χ2v) is 7.01. The van der Waals surface area contributed by atoms with E-state index < -0.39 is 0 Å². The Bertz CT molecular complexity index is 173. The molecule has 84 valence electrons. The van der Waals surface area contributed by atoms with Gasteiger partial charge in [-0.3, -0.25) is 0 Å². The first-order valence-electron chi connectivity index (χ1n) is 5.89. The molecule has 0 saturated carbocycles. The third-order valence-electron chi connectivity index (χ3n) is 3.18. The van der Waals surface area contributed by atoms with Crippen LogP contribution in [-0.2, 0) is 0 Å². The molecule has 1 unspecified atom stereocenters. The Morgan fingerprint density at radius 2 is 1.64 bits per heavy atom. The fourth-order valence-electron chi connectivity index (χ4n) is 3.76. The predicted octanol–water partition coefficient (Wildman–Crippen LogP) is 3.40. The molecule has 0 N–H and O–H groups in total. The van der Waals surface area contributed by atoms with Crippen LogP contribution in [0, 0.1) is 16.7 Å². The Kier molecular flexibility index (Phi) is 3.30. The largest absolute Gasteiger partial charge is 0.306 e. The molecule has 1 atom stereocenters. The third-order valence-corrected chi connectivity index (χ3v) is 3.18. The first-order chi connectivity index (χ1) is 6.20. The molecule has 1 aliphatic heterocycles. The molecule has 1 fully saturated rings. The molecule has 0 spiro atoms. The Balaban J connectivity index is 2.73. The minimum absolute atomic E-state index is 0.471. The second-order valence-electron chi connectivity index (χ2n) is 7.01. The lowest BCUT2D eigenvalue weighted by atomic mass is 9.69. The monoisotopic (exact) mass is 197 g/mol. The topological polar surface area (TPSA) is 3.24 Å². The van der Waals surface area contributed by atoms with Gasteiger partial charge < -0.3 is 4.90 Å². The highest BCUT2D eigenvalue weighted by atomic mass is 15.1. The van der Waals surface area contributed by atoms with Gasteiger partial charge in [0.1, 0.15) is 0 Å². The van der Waals surface area contributed by atoms with Crippen LogP contribution in [0.3, 0.4) is 0 Å². The van der Waals surface area contributed by atoms with Gasteiger partial charge in [-0.25, -0.2) is 0 Å². The fourth-order valence-corrected chi connectivity index (χ4v) is 3.76. The van der Waals surface area contributed by atoms with Crippen molar-refractivity contribution in [2.75, 3.05) is 20.1 Å². The second kappa shape index (κ2) is 3.84. The van der Waals surface area contributed by atoms with Crippen LogP contribution in [0.1, 0.15) is 47.5 Å². The molecular formula is C13H27N. The van der Waals surface area contributed by atoms with Crippen LogP contribution in [-0.4, -0.2) is 25.0 Å². The molecule has 1 heteroatoms. The number of likely N-dealkylation sites (tertiary alicyclic amines) is 1. The summed E-state index contributed by atoms with van der Waals surface area (Å²) in [5.41, 5.74) is 0.989. The van der Waals surface area contributed by atoms with E-state index in [1.807, 2.05) is 0 Å².